The molecule has 9 nitrogen and oxygen atoms in total. The number of amides is 4. The molecule has 1 N–H and O–H groups in total. The topological polar surface area (TPSA) is 103 Å². The molecular weight excluding hydrogens is 699 g/mol. The second-order valence-electron chi connectivity index (χ2n) is 9.87. The fourth-order valence-corrected chi connectivity index (χ4v) is 5.43. The predicted molar refractivity (Wildman–Crippen MR) is 179 cm³/mol. The molecule has 46 heavy (non-hydrogen) atoms. The van der Waals surface area contributed by atoms with Crippen molar-refractivity contribution < 1.29 is 33.3 Å². The number of imide groups is 2. The third kappa shape index (κ3) is 7.47. The number of rotatable bonds is 11. The summed E-state index contributed by atoms with van der Waals surface area (Å²) in [5.74, 6) is 0.281. The molecule has 4 aromatic carbocycles. The standard InChI is InChI=1S/C34H27BrCl2N2O7/c1-3-44-29-15-21(9-12-28(29)45-18-20-7-5-4-6-8-20)19-46-31-25(35)14-22(16-30(31)43-2)13-24-32(40)38-34(42)39(33(24)41)23-10-11-26(36)27(37)17-23/h4-17H,3,18-19H2,1-2H3,(H,38,40,42)/b24-13-. The lowest BCUT2D eigenvalue weighted by Gasteiger charge is -2.26. The number of halogens is 3. The Morgan fingerprint density at radius 2 is 1.57 bits per heavy atom. The number of carbonyl (C=O) groups is 3. The molecule has 1 saturated heterocycles. The second-order valence-corrected chi connectivity index (χ2v) is 11.5. The van der Waals surface area contributed by atoms with Gasteiger partial charge in [0.15, 0.2) is 23.0 Å². The number of anilines is 1. The van der Waals surface area contributed by atoms with Gasteiger partial charge in [0.2, 0.25) is 0 Å². The largest absolute Gasteiger partial charge is 0.493 e. The first-order valence-corrected chi connectivity index (χ1v) is 15.5. The van der Waals surface area contributed by atoms with Crippen molar-refractivity contribution in [3.63, 3.8) is 0 Å². The van der Waals surface area contributed by atoms with Crippen molar-refractivity contribution in [2.75, 3.05) is 18.6 Å². The van der Waals surface area contributed by atoms with E-state index in [9.17, 15) is 14.4 Å². The van der Waals surface area contributed by atoms with Gasteiger partial charge >= 0.3 is 6.03 Å². The van der Waals surface area contributed by atoms with Gasteiger partial charge in [0, 0.05) is 0 Å². The van der Waals surface area contributed by atoms with Gasteiger partial charge in [0.1, 0.15) is 18.8 Å². The summed E-state index contributed by atoms with van der Waals surface area (Å²) in [6.07, 6.45) is 1.36. The SMILES string of the molecule is CCOc1cc(COc2c(Br)cc(/C=C3/C(=O)NC(=O)N(c4ccc(Cl)c(Cl)c4)C3=O)cc2OC)ccc1OCc1ccccc1. The lowest BCUT2D eigenvalue weighted by molar-refractivity contribution is -0.122. The Bertz CT molecular complexity index is 1830. The zero-order valence-electron chi connectivity index (χ0n) is 24.6. The number of hydrogen-bond donors (Lipinski definition) is 1. The van der Waals surface area contributed by atoms with Crippen LogP contribution in [-0.2, 0) is 22.8 Å². The molecule has 0 spiro atoms. The monoisotopic (exact) mass is 724 g/mol. The fraction of sp³-hybridized carbons (Fsp3) is 0.147. The summed E-state index contributed by atoms with van der Waals surface area (Å²) < 4.78 is 24.0. The van der Waals surface area contributed by atoms with Gasteiger partial charge < -0.3 is 18.9 Å². The zero-order valence-corrected chi connectivity index (χ0v) is 27.7. The minimum atomic E-state index is -0.906. The van der Waals surface area contributed by atoms with Crippen molar-refractivity contribution >= 4 is 68.7 Å². The van der Waals surface area contributed by atoms with Crippen LogP contribution in [0.15, 0.2) is 88.9 Å². The molecule has 0 atom stereocenters. The molecule has 4 aromatic rings. The molecule has 5 rings (SSSR count). The Morgan fingerprint density at radius 1 is 0.804 bits per heavy atom. The predicted octanol–water partition coefficient (Wildman–Crippen LogP) is 7.99. The number of barbiturate groups is 1. The third-order valence-corrected chi connectivity index (χ3v) is 8.08. The normalized spacial score (nSPS) is 13.9. The number of methoxy groups -OCH3 is 1. The van der Waals surface area contributed by atoms with Crippen LogP contribution in [0.25, 0.3) is 6.08 Å². The Labute approximate surface area is 283 Å². The summed E-state index contributed by atoms with van der Waals surface area (Å²) in [6.45, 7) is 2.94. The number of nitrogens with one attached hydrogen (secondary N) is 1. The highest BCUT2D eigenvalue weighted by atomic mass is 79.9. The summed E-state index contributed by atoms with van der Waals surface area (Å²) in [4.78, 5) is 39.4. The van der Waals surface area contributed by atoms with E-state index in [4.69, 9.17) is 42.1 Å². The molecule has 236 valence electrons. The van der Waals surface area contributed by atoms with Gasteiger partial charge in [0.25, 0.3) is 11.8 Å². The van der Waals surface area contributed by atoms with Gasteiger partial charge in [-0.15, -0.1) is 0 Å². The summed E-state index contributed by atoms with van der Waals surface area (Å²) >= 11 is 15.6. The highest BCUT2D eigenvalue weighted by Crippen LogP contribution is 2.39. The average molecular weight is 726 g/mol. The second kappa shape index (κ2) is 14.7. The molecule has 4 amide bonds. The molecule has 12 heteroatoms. The Kier molecular flexibility index (Phi) is 10.5. The average Bonchev–Trinajstić information content (AvgIpc) is 3.04. The van der Waals surface area contributed by atoms with Crippen molar-refractivity contribution in [3.05, 3.63) is 116 Å². The molecule has 1 aliphatic rings. The van der Waals surface area contributed by atoms with Gasteiger partial charge in [-0.1, -0.05) is 59.6 Å². The van der Waals surface area contributed by atoms with Crippen molar-refractivity contribution in [1.29, 1.82) is 0 Å². The van der Waals surface area contributed by atoms with E-state index in [-0.39, 0.29) is 27.9 Å². The van der Waals surface area contributed by atoms with E-state index in [1.807, 2.05) is 55.5 Å². The maximum absolute atomic E-state index is 13.3. The number of benzene rings is 4. The van der Waals surface area contributed by atoms with Gasteiger partial charge in [-0.3, -0.25) is 14.9 Å². The van der Waals surface area contributed by atoms with Crippen LogP contribution in [0.1, 0.15) is 23.6 Å². The summed E-state index contributed by atoms with van der Waals surface area (Å²) in [5.41, 5.74) is 2.19. The first-order chi connectivity index (χ1) is 22.2. The maximum Gasteiger partial charge on any atom is 0.335 e. The van der Waals surface area contributed by atoms with E-state index >= 15 is 0 Å². The number of urea groups is 1. The first kappa shape index (κ1) is 32.9. The number of carbonyl (C=O) groups excluding carboxylic acids is 3. The molecule has 0 unspecified atom stereocenters. The van der Waals surface area contributed by atoms with E-state index < -0.39 is 17.8 Å². The van der Waals surface area contributed by atoms with Gasteiger partial charge in [-0.25, -0.2) is 9.69 Å². The van der Waals surface area contributed by atoms with Crippen LogP contribution < -0.4 is 29.2 Å². The molecular formula is C34H27BrCl2N2O7. The molecule has 1 fully saturated rings. The molecule has 0 aromatic heterocycles. The van der Waals surface area contributed by atoms with Crippen molar-refractivity contribution in [3.8, 4) is 23.0 Å². The highest BCUT2D eigenvalue weighted by Gasteiger charge is 2.37. The van der Waals surface area contributed by atoms with Crippen molar-refractivity contribution in [2.45, 2.75) is 20.1 Å². The van der Waals surface area contributed by atoms with Crippen LogP contribution in [0.2, 0.25) is 10.0 Å². The number of nitrogens with zero attached hydrogens (tertiary/aromatic N) is 1. The third-order valence-electron chi connectivity index (χ3n) is 6.75. The lowest BCUT2D eigenvalue weighted by Crippen LogP contribution is -2.54. The maximum atomic E-state index is 13.3. The molecule has 0 radical (unpaired) electrons. The van der Waals surface area contributed by atoms with Crippen LogP contribution in [0.3, 0.4) is 0 Å². The lowest BCUT2D eigenvalue weighted by atomic mass is 10.1. The minimum Gasteiger partial charge on any atom is -0.493 e. The quantitative estimate of drug-likeness (QED) is 0.124. The number of ether oxygens (including phenoxy) is 4. The van der Waals surface area contributed by atoms with Crippen LogP contribution in [-0.4, -0.2) is 31.6 Å². The van der Waals surface area contributed by atoms with E-state index in [2.05, 4.69) is 21.2 Å². The molecule has 1 heterocycles. The zero-order chi connectivity index (χ0) is 32.8. The molecule has 0 saturated carbocycles. The highest BCUT2D eigenvalue weighted by molar-refractivity contribution is 9.10. The van der Waals surface area contributed by atoms with Gasteiger partial charge in [0.05, 0.1) is 33.9 Å². The van der Waals surface area contributed by atoms with E-state index in [0.29, 0.717) is 46.2 Å². The smallest absolute Gasteiger partial charge is 0.335 e. The summed E-state index contributed by atoms with van der Waals surface area (Å²) in [7, 11) is 1.47. The van der Waals surface area contributed by atoms with Crippen molar-refractivity contribution in [1.82, 2.24) is 5.32 Å². The fourth-order valence-electron chi connectivity index (χ4n) is 4.57. The molecule has 0 bridgehead atoms. The van der Waals surface area contributed by atoms with Gasteiger partial charge in [-0.2, -0.15) is 0 Å². The van der Waals surface area contributed by atoms with Crippen LogP contribution in [0.5, 0.6) is 23.0 Å². The first-order valence-electron chi connectivity index (χ1n) is 14.0. The Balaban J connectivity index is 1.35. The van der Waals surface area contributed by atoms with E-state index in [1.54, 1.807) is 12.1 Å². The Hall–Kier alpha value is -4.51. The van der Waals surface area contributed by atoms with Crippen LogP contribution in [0, 0.1) is 0 Å². The molecule has 1 aliphatic heterocycles. The number of hydrogen-bond acceptors (Lipinski definition) is 7. The van der Waals surface area contributed by atoms with Crippen molar-refractivity contribution in [2.24, 2.45) is 0 Å². The van der Waals surface area contributed by atoms with E-state index in [0.717, 1.165) is 16.0 Å². The van der Waals surface area contributed by atoms with E-state index in [1.165, 1.54) is 31.4 Å². The van der Waals surface area contributed by atoms with Crippen LogP contribution >= 0.6 is 39.1 Å². The summed E-state index contributed by atoms with van der Waals surface area (Å²) in [6, 6.07) is 22.1. The minimum absolute atomic E-state index is 0.146. The Morgan fingerprint density at radius 3 is 2.28 bits per heavy atom. The molecule has 0 aliphatic carbocycles. The van der Waals surface area contributed by atoms with Crippen LogP contribution in [0.4, 0.5) is 10.5 Å². The van der Waals surface area contributed by atoms with Gasteiger partial charge in [-0.05, 0) is 88.1 Å². The summed E-state index contributed by atoms with van der Waals surface area (Å²) in [5, 5.41) is 2.58.